The molecule has 1 atom stereocenters. The van der Waals surface area contributed by atoms with Gasteiger partial charge in [-0.15, -0.1) is 11.3 Å². The van der Waals surface area contributed by atoms with Crippen LogP contribution in [0.15, 0.2) is 93.5 Å². The molecular formula is C27H17F2N3O3S2. The molecule has 0 fully saturated rings. The quantitative estimate of drug-likeness (QED) is 0.434. The first kappa shape index (κ1) is 24.4. The molecule has 0 saturated heterocycles. The number of nitrogens with two attached hydrogens (primary N) is 1. The van der Waals surface area contributed by atoms with Gasteiger partial charge in [-0.25, -0.2) is 17.2 Å². The first-order valence-electron chi connectivity index (χ1n) is 10.9. The van der Waals surface area contributed by atoms with E-state index >= 15 is 4.39 Å². The summed E-state index contributed by atoms with van der Waals surface area (Å²) in [4.78, 5) is 12.8. The topological polar surface area (TPSA) is 106 Å². The predicted molar refractivity (Wildman–Crippen MR) is 137 cm³/mol. The van der Waals surface area contributed by atoms with Gasteiger partial charge in [-0.3, -0.25) is 9.36 Å². The summed E-state index contributed by atoms with van der Waals surface area (Å²) in [5, 5.41) is 10.2. The number of nitrogens with zero attached hydrogens (tertiary/aromatic N) is 2. The maximum absolute atomic E-state index is 15.1. The van der Waals surface area contributed by atoms with Crippen LogP contribution in [0.5, 0.6) is 0 Å². The van der Waals surface area contributed by atoms with Crippen molar-refractivity contribution in [3.63, 3.8) is 0 Å². The van der Waals surface area contributed by atoms with Gasteiger partial charge in [0.25, 0.3) is 5.56 Å². The summed E-state index contributed by atoms with van der Waals surface area (Å²) in [6.45, 7) is 0. The van der Waals surface area contributed by atoms with E-state index in [2.05, 4.69) is 0 Å². The minimum atomic E-state index is -4.39. The van der Waals surface area contributed by atoms with Crippen LogP contribution < -0.4 is 20.5 Å². The van der Waals surface area contributed by atoms with Gasteiger partial charge in [-0.1, -0.05) is 54.6 Å². The highest BCUT2D eigenvalue weighted by molar-refractivity contribution is 7.95. The van der Waals surface area contributed by atoms with Crippen LogP contribution in [0.3, 0.4) is 0 Å². The molecule has 1 aliphatic rings. The van der Waals surface area contributed by atoms with E-state index in [1.165, 1.54) is 66.7 Å². The second-order valence-electron chi connectivity index (χ2n) is 8.12. The van der Waals surface area contributed by atoms with Crippen LogP contribution in [-0.2, 0) is 9.84 Å². The molecule has 1 aromatic heterocycles. The average Bonchev–Trinajstić information content (AvgIpc) is 3.22. The summed E-state index contributed by atoms with van der Waals surface area (Å²) in [5.41, 5.74) is 5.55. The Hall–Kier alpha value is -4.33. The molecule has 0 spiro atoms. The number of hydrogen-bond acceptors (Lipinski definition) is 6. The monoisotopic (exact) mass is 533 g/mol. The van der Waals surface area contributed by atoms with Crippen LogP contribution in [0.2, 0.25) is 0 Å². The number of hydrogen-bond donors (Lipinski definition) is 1. The molecule has 3 aromatic carbocycles. The lowest BCUT2D eigenvalue weighted by Crippen LogP contribution is -2.40. The first-order chi connectivity index (χ1) is 17.8. The van der Waals surface area contributed by atoms with Crippen molar-refractivity contribution in [1.82, 2.24) is 4.57 Å². The molecule has 2 N–H and O–H groups in total. The van der Waals surface area contributed by atoms with E-state index in [0.717, 1.165) is 22.0 Å². The number of nitriles is 1. The molecule has 1 aliphatic heterocycles. The lowest BCUT2D eigenvalue weighted by molar-refractivity contribution is 0.594. The van der Waals surface area contributed by atoms with Crippen LogP contribution in [0.4, 0.5) is 8.78 Å². The number of sulfone groups is 1. The molecule has 4 aromatic rings. The maximum atomic E-state index is 15.1. The van der Waals surface area contributed by atoms with E-state index in [1.54, 1.807) is 12.1 Å². The zero-order chi connectivity index (χ0) is 26.3. The lowest BCUT2D eigenvalue weighted by Gasteiger charge is -2.26. The van der Waals surface area contributed by atoms with Gasteiger partial charge >= 0.3 is 0 Å². The van der Waals surface area contributed by atoms with Gasteiger partial charge in [0.1, 0.15) is 27.0 Å². The summed E-state index contributed by atoms with van der Waals surface area (Å²) in [5.74, 6) is -3.15. The number of allylic oxidation sites excluding steroid dienone is 1. The van der Waals surface area contributed by atoms with E-state index in [9.17, 15) is 22.9 Å². The van der Waals surface area contributed by atoms with Gasteiger partial charge in [0.05, 0.1) is 27.0 Å². The van der Waals surface area contributed by atoms with E-state index in [4.69, 9.17) is 5.73 Å². The third-order valence-electron chi connectivity index (χ3n) is 5.97. The minimum Gasteiger partial charge on any atom is -0.384 e. The Morgan fingerprint density at radius 1 is 0.946 bits per heavy atom. The largest absolute Gasteiger partial charge is 0.384 e. The molecule has 0 radical (unpaired) electrons. The van der Waals surface area contributed by atoms with Crippen molar-refractivity contribution in [3.05, 3.63) is 126 Å². The normalized spacial score (nSPS) is 16.0. The molecule has 1 unspecified atom stereocenters. The first-order valence-corrected chi connectivity index (χ1v) is 13.2. The van der Waals surface area contributed by atoms with Crippen molar-refractivity contribution < 1.29 is 17.2 Å². The Kier molecular flexibility index (Phi) is 6.11. The van der Waals surface area contributed by atoms with E-state index in [-0.39, 0.29) is 30.8 Å². The van der Waals surface area contributed by atoms with Crippen molar-refractivity contribution in [3.8, 4) is 6.07 Å². The third kappa shape index (κ3) is 3.98. The second kappa shape index (κ2) is 9.28. The zero-order valence-corrected chi connectivity index (χ0v) is 20.6. The zero-order valence-electron chi connectivity index (χ0n) is 18.9. The van der Waals surface area contributed by atoms with Crippen molar-refractivity contribution >= 4 is 38.6 Å². The molecule has 0 saturated carbocycles. The summed E-state index contributed by atoms with van der Waals surface area (Å²) in [7, 11) is -4.39. The molecular weight excluding hydrogens is 516 g/mol. The van der Waals surface area contributed by atoms with Crippen LogP contribution in [0, 0.1) is 23.0 Å². The van der Waals surface area contributed by atoms with E-state index in [0.29, 0.717) is 0 Å². The van der Waals surface area contributed by atoms with Crippen molar-refractivity contribution in [2.45, 2.75) is 10.8 Å². The van der Waals surface area contributed by atoms with Crippen LogP contribution in [0.1, 0.15) is 17.0 Å². The van der Waals surface area contributed by atoms with Crippen molar-refractivity contribution in [2.75, 3.05) is 0 Å². The lowest BCUT2D eigenvalue weighted by atomic mass is 9.90. The Morgan fingerprint density at radius 2 is 1.57 bits per heavy atom. The smallest absolute Gasteiger partial charge is 0.274 e. The number of benzene rings is 3. The number of rotatable bonds is 4. The Morgan fingerprint density at radius 3 is 2.22 bits per heavy atom. The third-order valence-corrected chi connectivity index (χ3v) is 8.99. The van der Waals surface area contributed by atoms with Gasteiger partial charge in [-0.2, -0.15) is 5.26 Å². The molecule has 6 nitrogen and oxygen atoms in total. The second-order valence-corrected chi connectivity index (χ2v) is 11.1. The fourth-order valence-corrected chi connectivity index (χ4v) is 7.07. The maximum Gasteiger partial charge on any atom is 0.274 e. The van der Waals surface area contributed by atoms with Gasteiger partial charge in [0.15, 0.2) is 0 Å². The molecule has 184 valence electrons. The average molecular weight is 534 g/mol. The molecule has 37 heavy (non-hydrogen) atoms. The number of halogens is 2. The fraction of sp³-hybridized carbons (Fsp3) is 0.0370. The van der Waals surface area contributed by atoms with E-state index in [1.807, 2.05) is 6.07 Å². The van der Waals surface area contributed by atoms with Crippen LogP contribution in [-0.4, -0.2) is 13.0 Å². The standard InChI is InChI=1S/C27H17F2N3O3S2/c28-20-12-6-4-8-16(20)14-22-26(33)32-25(31)24(37(34,35)17-9-2-1-3-10-17)23(19(15-30)27(32)36-22)18-11-5-7-13-21(18)29/h1-14,23H,31H2. The summed E-state index contributed by atoms with van der Waals surface area (Å²) < 4.78 is 58.1. The molecule has 0 aliphatic carbocycles. The molecule has 0 bridgehead atoms. The highest BCUT2D eigenvalue weighted by atomic mass is 32.2. The minimum absolute atomic E-state index is 0.0291. The Bertz CT molecular complexity index is 1920. The number of fused-ring (bicyclic) bond motifs is 1. The predicted octanol–water partition coefficient (Wildman–Crippen LogP) is 3.05. The Labute approximate surface area is 214 Å². The summed E-state index contributed by atoms with van der Waals surface area (Å²) in [6, 6.07) is 20.6. The van der Waals surface area contributed by atoms with Crippen LogP contribution in [0.25, 0.3) is 17.5 Å². The van der Waals surface area contributed by atoms with Crippen molar-refractivity contribution in [2.24, 2.45) is 5.73 Å². The molecule has 0 amide bonds. The molecule has 5 rings (SSSR count). The number of aromatic nitrogens is 1. The fourth-order valence-electron chi connectivity index (χ4n) is 4.27. The highest BCUT2D eigenvalue weighted by Crippen LogP contribution is 2.42. The van der Waals surface area contributed by atoms with Crippen LogP contribution >= 0.6 is 11.3 Å². The number of thiazole rings is 1. The molecule has 2 heterocycles. The Balaban J connectivity index is 1.92. The van der Waals surface area contributed by atoms with E-state index < -0.39 is 43.7 Å². The van der Waals surface area contributed by atoms with Gasteiger partial charge < -0.3 is 5.73 Å². The van der Waals surface area contributed by atoms with Gasteiger partial charge in [-0.05, 0) is 30.3 Å². The SMILES string of the molecule is N#CC1=c2sc(=Cc3ccccc3F)c(=O)n2C(N)=C(S(=O)(=O)c2ccccc2)C1c1ccccc1F. The molecule has 10 heteroatoms. The summed E-state index contributed by atoms with van der Waals surface area (Å²) >= 11 is 0.852. The van der Waals surface area contributed by atoms with Gasteiger partial charge in [0.2, 0.25) is 9.84 Å². The van der Waals surface area contributed by atoms with Gasteiger partial charge in [0, 0.05) is 11.1 Å². The summed E-state index contributed by atoms with van der Waals surface area (Å²) in [6.07, 6.45) is 1.30. The highest BCUT2D eigenvalue weighted by Gasteiger charge is 2.40. The van der Waals surface area contributed by atoms with Crippen molar-refractivity contribution in [1.29, 1.82) is 5.26 Å².